The molecule has 0 radical (unpaired) electrons. The van der Waals surface area contributed by atoms with Gasteiger partial charge in [0.25, 0.3) is 10.0 Å². The van der Waals surface area contributed by atoms with Crippen LogP contribution in [0.1, 0.15) is 48.8 Å². The highest BCUT2D eigenvalue weighted by molar-refractivity contribution is 7.89. The van der Waals surface area contributed by atoms with Crippen molar-refractivity contribution in [2.24, 2.45) is 0 Å². The van der Waals surface area contributed by atoms with Gasteiger partial charge in [-0.2, -0.15) is 0 Å². The molecule has 3 aromatic rings. The molecule has 2 aliphatic rings. The van der Waals surface area contributed by atoms with Gasteiger partial charge in [0, 0.05) is 18.9 Å². The van der Waals surface area contributed by atoms with Crippen LogP contribution in [0.15, 0.2) is 71.9 Å². The number of hydrogen-bond acceptors (Lipinski definition) is 6. The third-order valence-corrected chi connectivity index (χ3v) is 9.35. The molecule has 2 fully saturated rings. The normalized spacial score (nSPS) is 20.4. The molecule has 1 aliphatic carbocycles. The van der Waals surface area contributed by atoms with E-state index in [1.54, 1.807) is 43.8 Å². The molecule has 1 amide bonds. The largest absolute Gasteiger partial charge is 0.493 e. The van der Waals surface area contributed by atoms with Gasteiger partial charge in [-0.15, -0.1) is 0 Å². The maximum atomic E-state index is 14.2. The molecule has 1 aromatic heterocycles. The average Bonchev–Trinajstić information content (AvgIpc) is 3.53. The molecule has 2 aromatic carbocycles. The van der Waals surface area contributed by atoms with Crippen molar-refractivity contribution in [2.45, 2.75) is 61.9 Å². The number of benzene rings is 2. The first-order valence-electron chi connectivity index (χ1n) is 12.7. The van der Waals surface area contributed by atoms with Gasteiger partial charge in [-0.3, -0.25) is 9.78 Å². The fourth-order valence-corrected chi connectivity index (χ4v) is 6.90. The van der Waals surface area contributed by atoms with E-state index < -0.39 is 21.3 Å². The molecule has 1 atom stereocenters. The summed E-state index contributed by atoms with van der Waals surface area (Å²) in [5, 5.41) is 0. The fraction of sp³-hybridized carbons (Fsp3) is 0.379. The minimum atomic E-state index is -4.00. The Kier molecular flexibility index (Phi) is 6.94. The Morgan fingerprint density at radius 2 is 1.70 bits per heavy atom. The van der Waals surface area contributed by atoms with Crippen molar-refractivity contribution in [1.82, 2.24) is 9.29 Å². The lowest BCUT2D eigenvalue weighted by Gasteiger charge is -2.29. The number of nitrogens with zero attached hydrogens (tertiary/aromatic N) is 2. The lowest BCUT2D eigenvalue weighted by atomic mass is 9.74. The number of amides is 1. The van der Waals surface area contributed by atoms with E-state index in [1.165, 1.54) is 0 Å². The van der Waals surface area contributed by atoms with Crippen LogP contribution in [0.3, 0.4) is 0 Å². The topological polar surface area (TPSA) is 85.8 Å². The van der Waals surface area contributed by atoms with Crippen molar-refractivity contribution in [3.63, 3.8) is 0 Å². The third-order valence-electron chi connectivity index (χ3n) is 7.55. The first kappa shape index (κ1) is 25.3. The minimum absolute atomic E-state index is 0.102. The molecule has 37 heavy (non-hydrogen) atoms. The second-order valence-electron chi connectivity index (χ2n) is 9.95. The summed E-state index contributed by atoms with van der Waals surface area (Å²) in [6, 6.07) is 15.9. The first-order chi connectivity index (χ1) is 17.8. The third kappa shape index (κ3) is 4.82. The van der Waals surface area contributed by atoms with Crippen LogP contribution in [0.2, 0.25) is 0 Å². The number of aromatic nitrogens is 1. The van der Waals surface area contributed by atoms with Crippen LogP contribution in [-0.2, 0) is 26.7 Å². The van der Waals surface area contributed by atoms with Crippen molar-refractivity contribution in [2.75, 3.05) is 13.7 Å². The number of carbonyl (C=O) groups is 1. The first-order valence-corrected chi connectivity index (χ1v) is 14.2. The quantitative estimate of drug-likeness (QED) is 0.423. The number of pyridine rings is 1. The van der Waals surface area contributed by atoms with Crippen LogP contribution in [-0.4, -0.2) is 43.4 Å². The Morgan fingerprint density at radius 3 is 2.38 bits per heavy atom. The summed E-state index contributed by atoms with van der Waals surface area (Å²) in [7, 11) is -2.40. The Hall–Kier alpha value is -3.39. The fourth-order valence-electron chi connectivity index (χ4n) is 5.44. The summed E-state index contributed by atoms with van der Waals surface area (Å²) in [6.07, 6.45) is 8.41. The SMILES string of the molecule is COc1ccc(C2(Cc3ccncc3)CCN(S(=O)(=O)c3ccc(C)cc3)C2=O)cc1OC1CCCC1. The van der Waals surface area contributed by atoms with Crippen LogP contribution < -0.4 is 9.47 Å². The summed E-state index contributed by atoms with van der Waals surface area (Å²) in [4.78, 5) is 18.4. The Balaban J connectivity index is 1.57. The second kappa shape index (κ2) is 10.2. The summed E-state index contributed by atoms with van der Waals surface area (Å²) in [5.41, 5.74) is 1.52. The molecule has 2 heterocycles. The van der Waals surface area contributed by atoms with Gasteiger partial charge in [-0.25, -0.2) is 12.7 Å². The molecule has 0 N–H and O–H groups in total. The molecule has 1 aliphatic heterocycles. The van der Waals surface area contributed by atoms with Crippen LogP contribution >= 0.6 is 0 Å². The molecule has 1 saturated heterocycles. The number of methoxy groups -OCH3 is 1. The number of aryl methyl sites for hydroxylation is 1. The molecule has 7 nitrogen and oxygen atoms in total. The van der Waals surface area contributed by atoms with Gasteiger partial charge in [0.15, 0.2) is 11.5 Å². The lowest BCUT2D eigenvalue weighted by molar-refractivity contribution is -0.128. The summed E-state index contributed by atoms with van der Waals surface area (Å²) in [6.45, 7) is 2.00. The number of ether oxygens (including phenoxy) is 2. The number of carbonyl (C=O) groups excluding carboxylic acids is 1. The Bertz CT molecular complexity index is 1370. The van der Waals surface area contributed by atoms with Crippen LogP contribution in [0.5, 0.6) is 11.5 Å². The van der Waals surface area contributed by atoms with E-state index in [1.807, 2.05) is 37.3 Å². The predicted molar refractivity (Wildman–Crippen MR) is 140 cm³/mol. The van der Waals surface area contributed by atoms with Crippen molar-refractivity contribution in [3.8, 4) is 11.5 Å². The smallest absolute Gasteiger partial charge is 0.266 e. The zero-order valence-corrected chi connectivity index (χ0v) is 22.0. The van der Waals surface area contributed by atoms with Gasteiger partial charge < -0.3 is 9.47 Å². The van der Waals surface area contributed by atoms with Crippen LogP contribution in [0, 0.1) is 6.92 Å². The molecule has 0 bridgehead atoms. The number of rotatable bonds is 8. The second-order valence-corrected chi connectivity index (χ2v) is 11.8. The van der Waals surface area contributed by atoms with Gasteiger partial charge in [0.05, 0.1) is 23.5 Å². The van der Waals surface area contributed by atoms with Crippen molar-refractivity contribution < 1.29 is 22.7 Å². The van der Waals surface area contributed by atoms with Gasteiger partial charge in [0.2, 0.25) is 5.91 Å². The molecule has 8 heteroatoms. The monoisotopic (exact) mass is 520 g/mol. The van der Waals surface area contributed by atoms with Crippen molar-refractivity contribution in [3.05, 3.63) is 83.7 Å². The van der Waals surface area contributed by atoms with E-state index in [0.717, 1.165) is 46.7 Å². The maximum Gasteiger partial charge on any atom is 0.266 e. The van der Waals surface area contributed by atoms with E-state index in [2.05, 4.69) is 4.98 Å². The predicted octanol–water partition coefficient (Wildman–Crippen LogP) is 4.82. The summed E-state index contributed by atoms with van der Waals surface area (Å²) >= 11 is 0. The van der Waals surface area contributed by atoms with Crippen molar-refractivity contribution >= 4 is 15.9 Å². The standard InChI is InChI=1S/C29H32N2O5S/c1-21-7-10-25(11-8-21)37(33,34)31-18-15-29(28(31)32,20-22-13-16-30-17-14-22)23-9-12-26(35-2)27(19-23)36-24-5-3-4-6-24/h7-14,16-17,19,24H,3-6,15,18,20H2,1-2H3. The summed E-state index contributed by atoms with van der Waals surface area (Å²) in [5.74, 6) is 0.764. The molecule has 5 rings (SSSR count). The van der Waals surface area contributed by atoms with E-state index in [4.69, 9.17) is 9.47 Å². The lowest BCUT2D eigenvalue weighted by Crippen LogP contribution is -2.42. The van der Waals surface area contributed by atoms with E-state index >= 15 is 0 Å². The average molecular weight is 521 g/mol. The van der Waals surface area contributed by atoms with E-state index in [-0.39, 0.29) is 17.5 Å². The number of sulfonamides is 1. The highest BCUT2D eigenvalue weighted by atomic mass is 32.2. The highest BCUT2D eigenvalue weighted by Crippen LogP contribution is 2.44. The highest BCUT2D eigenvalue weighted by Gasteiger charge is 2.52. The molecule has 194 valence electrons. The van der Waals surface area contributed by atoms with Crippen molar-refractivity contribution in [1.29, 1.82) is 0 Å². The summed E-state index contributed by atoms with van der Waals surface area (Å²) < 4.78 is 40.1. The van der Waals surface area contributed by atoms with Gasteiger partial charge >= 0.3 is 0 Å². The molecule has 1 unspecified atom stereocenters. The zero-order chi connectivity index (χ0) is 26.0. The van der Waals surface area contributed by atoms with Crippen LogP contribution in [0.4, 0.5) is 0 Å². The maximum absolute atomic E-state index is 14.2. The van der Waals surface area contributed by atoms with Crippen LogP contribution in [0.25, 0.3) is 0 Å². The molecule has 1 saturated carbocycles. The minimum Gasteiger partial charge on any atom is -0.493 e. The van der Waals surface area contributed by atoms with E-state index in [9.17, 15) is 13.2 Å². The molecular weight excluding hydrogens is 488 g/mol. The Morgan fingerprint density at radius 1 is 1.00 bits per heavy atom. The Labute approximate surface area is 218 Å². The van der Waals surface area contributed by atoms with Gasteiger partial charge in [-0.05, 0) is 93.0 Å². The molecule has 0 spiro atoms. The van der Waals surface area contributed by atoms with E-state index in [0.29, 0.717) is 24.3 Å². The number of hydrogen-bond donors (Lipinski definition) is 0. The molecular formula is C29H32N2O5S. The zero-order valence-electron chi connectivity index (χ0n) is 21.2. The van der Waals surface area contributed by atoms with Gasteiger partial charge in [-0.1, -0.05) is 23.8 Å². The van der Waals surface area contributed by atoms with Gasteiger partial charge in [0.1, 0.15) is 0 Å².